The van der Waals surface area contributed by atoms with Crippen LogP contribution >= 0.6 is 0 Å². The maximum atomic E-state index is 12.2. The average Bonchev–Trinajstić information content (AvgIpc) is 2.94. The van der Waals surface area contributed by atoms with Crippen molar-refractivity contribution in [3.63, 3.8) is 0 Å². The zero-order valence-electron chi connectivity index (χ0n) is 14.9. The predicted octanol–water partition coefficient (Wildman–Crippen LogP) is 1.23. The average molecular weight is 344 g/mol. The minimum Gasteiger partial charge on any atom is -0.369 e. The summed E-state index contributed by atoms with van der Waals surface area (Å²) >= 11 is 0. The van der Waals surface area contributed by atoms with E-state index in [2.05, 4.69) is 29.4 Å². The van der Waals surface area contributed by atoms with Crippen molar-refractivity contribution in [2.45, 2.75) is 27.4 Å². The van der Waals surface area contributed by atoms with Gasteiger partial charge in [0.15, 0.2) is 0 Å². The van der Waals surface area contributed by atoms with Crippen LogP contribution in [-0.4, -0.2) is 36.8 Å². The van der Waals surface area contributed by atoms with Crippen molar-refractivity contribution in [2.24, 2.45) is 0 Å². The van der Waals surface area contributed by atoms with E-state index in [9.17, 15) is 9.59 Å². The maximum Gasteiger partial charge on any atom is 0.365 e. The molecular formula is C18H24N4O3. The summed E-state index contributed by atoms with van der Waals surface area (Å²) in [6.07, 6.45) is 1.64. The van der Waals surface area contributed by atoms with E-state index in [4.69, 9.17) is 4.52 Å². The first-order chi connectivity index (χ1) is 12.0. The highest BCUT2D eigenvalue weighted by Gasteiger charge is 2.18. The van der Waals surface area contributed by atoms with Crippen LogP contribution in [0.15, 0.2) is 27.6 Å². The fraction of sp³-hybridized carbons (Fsp3) is 0.444. The number of nitrogens with one attached hydrogen (secondary N) is 2. The number of anilines is 1. The second-order valence-corrected chi connectivity index (χ2v) is 6.43. The molecule has 0 aliphatic carbocycles. The van der Waals surface area contributed by atoms with Crippen LogP contribution in [-0.2, 0) is 11.5 Å². The number of carbonyl (C=O) groups excluding carboxylic acids is 1. The van der Waals surface area contributed by atoms with Gasteiger partial charge in [0.05, 0.1) is 11.8 Å². The number of nitrogens with zero attached hydrogens (tertiary/aromatic N) is 2. The van der Waals surface area contributed by atoms with Gasteiger partial charge in [-0.3, -0.25) is 4.79 Å². The van der Waals surface area contributed by atoms with Gasteiger partial charge in [-0.05, 0) is 42.7 Å². The molecular weight excluding hydrogens is 320 g/mol. The largest absolute Gasteiger partial charge is 0.369 e. The van der Waals surface area contributed by atoms with E-state index < -0.39 is 5.63 Å². The lowest BCUT2D eigenvalue weighted by atomic mass is 9.99. The van der Waals surface area contributed by atoms with E-state index in [1.54, 1.807) is 6.20 Å². The van der Waals surface area contributed by atoms with Gasteiger partial charge in [-0.25, -0.2) is 4.79 Å². The van der Waals surface area contributed by atoms with Crippen molar-refractivity contribution in [3.8, 4) is 11.1 Å². The molecule has 1 aliphatic rings. The minimum atomic E-state index is -0.404. The predicted molar refractivity (Wildman–Crippen MR) is 96.8 cm³/mol. The van der Waals surface area contributed by atoms with Gasteiger partial charge in [0, 0.05) is 38.8 Å². The number of aromatic nitrogens is 1. The van der Waals surface area contributed by atoms with Crippen LogP contribution in [0, 0.1) is 13.8 Å². The van der Waals surface area contributed by atoms with Crippen LogP contribution in [0.1, 0.15) is 18.1 Å². The first kappa shape index (κ1) is 17.3. The van der Waals surface area contributed by atoms with Gasteiger partial charge in [-0.2, -0.15) is 4.74 Å². The number of amides is 1. The molecule has 134 valence electrons. The van der Waals surface area contributed by atoms with Gasteiger partial charge in [0.25, 0.3) is 0 Å². The van der Waals surface area contributed by atoms with Crippen molar-refractivity contribution in [3.05, 3.63) is 39.9 Å². The van der Waals surface area contributed by atoms with E-state index in [-0.39, 0.29) is 12.6 Å². The van der Waals surface area contributed by atoms with Crippen LogP contribution < -0.4 is 21.2 Å². The Morgan fingerprint density at radius 2 is 1.88 bits per heavy atom. The Hall–Kier alpha value is -2.54. The lowest BCUT2D eigenvalue weighted by Gasteiger charge is -2.32. The zero-order chi connectivity index (χ0) is 18.0. The molecule has 2 heterocycles. The molecule has 1 aromatic heterocycles. The fourth-order valence-electron chi connectivity index (χ4n) is 3.34. The quantitative estimate of drug-likeness (QED) is 0.872. The first-order valence-electron chi connectivity index (χ1n) is 8.48. The third-order valence-corrected chi connectivity index (χ3v) is 4.41. The highest BCUT2D eigenvalue weighted by atomic mass is 16.5. The minimum absolute atomic E-state index is 0.140. The van der Waals surface area contributed by atoms with E-state index in [0.717, 1.165) is 42.9 Å². The van der Waals surface area contributed by atoms with Crippen LogP contribution in [0.3, 0.4) is 0 Å². The van der Waals surface area contributed by atoms with E-state index >= 15 is 0 Å². The normalized spacial score (nSPS) is 14.6. The number of carbonyl (C=O) groups is 1. The van der Waals surface area contributed by atoms with Gasteiger partial charge in [0.2, 0.25) is 5.91 Å². The van der Waals surface area contributed by atoms with Crippen LogP contribution in [0.5, 0.6) is 0 Å². The standard InChI is InChI=1S/C18H24N4O3/c1-12-8-15(9-13(2)17(12)21-6-4-19-5-7-21)16-10-22(25-18(16)24)11-20-14(3)23/h8-10,19H,4-7,11H2,1-3H3,(H,20,23). The molecule has 1 amide bonds. The third kappa shape index (κ3) is 3.76. The van der Waals surface area contributed by atoms with Gasteiger partial charge in [-0.15, -0.1) is 0 Å². The summed E-state index contributed by atoms with van der Waals surface area (Å²) in [6.45, 7) is 9.64. The SMILES string of the molecule is CC(=O)NCn1cc(-c2cc(C)c(N3CCNCC3)c(C)c2)c(=O)o1. The zero-order valence-corrected chi connectivity index (χ0v) is 14.9. The van der Waals surface area contributed by atoms with Gasteiger partial charge in [0.1, 0.15) is 6.67 Å². The number of rotatable bonds is 4. The highest BCUT2D eigenvalue weighted by Crippen LogP contribution is 2.30. The molecule has 0 radical (unpaired) electrons. The smallest absolute Gasteiger partial charge is 0.365 e. The molecule has 0 bridgehead atoms. The maximum absolute atomic E-state index is 12.2. The summed E-state index contributed by atoms with van der Waals surface area (Å²) in [7, 11) is 0. The van der Waals surface area contributed by atoms with Crippen LogP contribution in [0.25, 0.3) is 11.1 Å². The Bertz CT molecular complexity index is 808. The molecule has 25 heavy (non-hydrogen) atoms. The highest BCUT2D eigenvalue weighted by molar-refractivity contribution is 5.72. The van der Waals surface area contributed by atoms with E-state index in [1.165, 1.54) is 17.4 Å². The summed E-state index contributed by atoms with van der Waals surface area (Å²) in [6, 6.07) is 4.05. The molecule has 0 unspecified atom stereocenters. The molecule has 2 aromatic rings. The summed E-state index contributed by atoms with van der Waals surface area (Å²) in [4.78, 5) is 25.6. The number of aryl methyl sites for hydroxylation is 2. The molecule has 7 heteroatoms. The summed E-state index contributed by atoms with van der Waals surface area (Å²) in [5.74, 6) is -0.176. The first-order valence-corrected chi connectivity index (χ1v) is 8.48. The van der Waals surface area contributed by atoms with Crippen molar-refractivity contribution in [1.29, 1.82) is 0 Å². The molecule has 0 spiro atoms. The topological polar surface area (TPSA) is 79.5 Å². The number of piperazine rings is 1. The third-order valence-electron chi connectivity index (χ3n) is 4.41. The number of hydrogen-bond donors (Lipinski definition) is 2. The molecule has 1 aromatic carbocycles. The summed E-state index contributed by atoms with van der Waals surface area (Å²) in [5, 5.41) is 5.97. The van der Waals surface area contributed by atoms with E-state index in [0.29, 0.717) is 5.56 Å². The molecule has 1 fully saturated rings. The van der Waals surface area contributed by atoms with Gasteiger partial charge >= 0.3 is 5.63 Å². The Balaban J connectivity index is 1.91. The molecule has 7 nitrogen and oxygen atoms in total. The van der Waals surface area contributed by atoms with Crippen molar-refractivity contribution in [1.82, 2.24) is 15.4 Å². The second-order valence-electron chi connectivity index (χ2n) is 6.43. The van der Waals surface area contributed by atoms with Gasteiger partial charge in [-0.1, -0.05) is 0 Å². The second kappa shape index (κ2) is 7.14. The Labute approximate surface area is 146 Å². The molecule has 3 rings (SSSR count). The van der Waals surface area contributed by atoms with E-state index in [1.807, 2.05) is 12.1 Å². The fourth-order valence-corrected chi connectivity index (χ4v) is 3.34. The number of hydrogen-bond acceptors (Lipinski definition) is 5. The number of benzene rings is 1. The Morgan fingerprint density at radius 3 is 2.48 bits per heavy atom. The van der Waals surface area contributed by atoms with Crippen LogP contribution in [0.4, 0.5) is 5.69 Å². The summed E-state index contributed by atoms with van der Waals surface area (Å²) < 4.78 is 6.51. The van der Waals surface area contributed by atoms with Crippen molar-refractivity contribution in [2.75, 3.05) is 31.1 Å². The molecule has 1 saturated heterocycles. The van der Waals surface area contributed by atoms with Gasteiger partial charge < -0.3 is 20.1 Å². The van der Waals surface area contributed by atoms with Crippen LogP contribution in [0.2, 0.25) is 0 Å². The Morgan fingerprint density at radius 1 is 1.24 bits per heavy atom. The monoisotopic (exact) mass is 344 g/mol. The molecule has 2 N–H and O–H groups in total. The van der Waals surface area contributed by atoms with Crippen molar-refractivity contribution >= 4 is 11.6 Å². The lowest BCUT2D eigenvalue weighted by Crippen LogP contribution is -2.44. The molecule has 1 aliphatic heterocycles. The molecule has 0 atom stereocenters. The lowest BCUT2D eigenvalue weighted by molar-refractivity contribution is -0.119. The Kier molecular flexibility index (Phi) is 4.94. The molecule has 0 saturated carbocycles. The summed E-state index contributed by atoms with van der Waals surface area (Å²) in [5.41, 5.74) is 4.47. The van der Waals surface area contributed by atoms with Crippen molar-refractivity contribution < 1.29 is 9.32 Å².